The van der Waals surface area contributed by atoms with Crippen molar-refractivity contribution in [3.8, 4) is 0 Å². The molecule has 0 spiro atoms. The fourth-order valence-corrected chi connectivity index (χ4v) is 1.01. The van der Waals surface area contributed by atoms with E-state index in [0.717, 1.165) is 19.4 Å². The minimum Gasteiger partial charge on any atom is -0.379 e. The van der Waals surface area contributed by atoms with Gasteiger partial charge in [0.05, 0.1) is 13.2 Å². The third-order valence-corrected chi connectivity index (χ3v) is 1.81. The Labute approximate surface area is 85.8 Å². The molecule has 13 heavy (non-hydrogen) atoms. The standard InChI is InChI=1S/C9H20O3S/c1-2-3-5-11-6-7-12-9(10)4-8-13/h9-10,13H,2-8H2,1H3. The summed E-state index contributed by atoms with van der Waals surface area (Å²) in [5, 5.41) is 9.13. The van der Waals surface area contributed by atoms with E-state index in [1.54, 1.807) is 0 Å². The van der Waals surface area contributed by atoms with E-state index in [2.05, 4.69) is 19.6 Å². The summed E-state index contributed by atoms with van der Waals surface area (Å²) in [6, 6.07) is 0. The molecule has 3 nitrogen and oxygen atoms in total. The molecule has 0 fully saturated rings. The Morgan fingerprint density at radius 3 is 2.69 bits per heavy atom. The molecule has 0 aliphatic rings. The zero-order valence-corrected chi connectivity index (χ0v) is 9.13. The number of thiol groups is 1. The third kappa shape index (κ3) is 10.1. The number of ether oxygens (including phenoxy) is 2. The molecule has 4 heteroatoms. The average Bonchev–Trinajstić information content (AvgIpc) is 2.11. The van der Waals surface area contributed by atoms with E-state index in [-0.39, 0.29) is 0 Å². The van der Waals surface area contributed by atoms with Crippen molar-refractivity contribution in [2.45, 2.75) is 32.5 Å². The van der Waals surface area contributed by atoms with Gasteiger partial charge in [-0.3, -0.25) is 0 Å². The highest BCUT2D eigenvalue weighted by atomic mass is 32.1. The molecular weight excluding hydrogens is 188 g/mol. The molecule has 0 radical (unpaired) electrons. The molecule has 0 aliphatic heterocycles. The molecule has 0 aromatic carbocycles. The highest BCUT2D eigenvalue weighted by Crippen LogP contribution is 1.95. The molecule has 0 aromatic rings. The van der Waals surface area contributed by atoms with Gasteiger partial charge in [-0.1, -0.05) is 13.3 Å². The normalized spacial score (nSPS) is 13.2. The maximum Gasteiger partial charge on any atom is 0.155 e. The van der Waals surface area contributed by atoms with Crippen molar-refractivity contribution in [3.63, 3.8) is 0 Å². The van der Waals surface area contributed by atoms with Crippen LogP contribution in [0.2, 0.25) is 0 Å². The van der Waals surface area contributed by atoms with Crippen LogP contribution in [0, 0.1) is 0 Å². The molecule has 0 heterocycles. The molecule has 0 bridgehead atoms. The zero-order chi connectivity index (χ0) is 9.94. The van der Waals surface area contributed by atoms with Crippen LogP contribution in [-0.4, -0.2) is 37.0 Å². The third-order valence-electron chi connectivity index (χ3n) is 1.56. The fraction of sp³-hybridized carbons (Fsp3) is 1.00. The van der Waals surface area contributed by atoms with Crippen molar-refractivity contribution in [3.05, 3.63) is 0 Å². The lowest BCUT2D eigenvalue weighted by Crippen LogP contribution is -2.16. The molecule has 1 unspecified atom stereocenters. The number of rotatable bonds is 9. The van der Waals surface area contributed by atoms with E-state index in [4.69, 9.17) is 14.6 Å². The minimum absolute atomic E-state index is 0.457. The van der Waals surface area contributed by atoms with Crippen LogP contribution in [0.4, 0.5) is 0 Å². The van der Waals surface area contributed by atoms with E-state index in [1.807, 2.05) is 0 Å². The first-order chi connectivity index (χ1) is 6.31. The lowest BCUT2D eigenvalue weighted by atomic mass is 10.4. The van der Waals surface area contributed by atoms with Crippen LogP contribution < -0.4 is 0 Å². The summed E-state index contributed by atoms with van der Waals surface area (Å²) >= 11 is 3.98. The Hall–Kier alpha value is 0.230. The first-order valence-corrected chi connectivity index (χ1v) is 5.42. The van der Waals surface area contributed by atoms with Gasteiger partial charge in [0.25, 0.3) is 0 Å². The predicted octanol–water partition coefficient (Wildman–Crippen LogP) is 1.46. The van der Waals surface area contributed by atoms with Crippen LogP contribution in [0.3, 0.4) is 0 Å². The summed E-state index contributed by atoms with van der Waals surface area (Å²) in [5.74, 6) is 0.637. The van der Waals surface area contributed by atoms with Crippen molar-refractivity contribution in [1.29, 1.82) is 0 Å². The van der Waals surface area contributed by atoms with Gasteiger partial charge in [0.1, 0.15) is 0 Å². The second-order valence-electron chi connectivity index (χ2n) is 2.80. The summed E-state index contributed by atoms with van der Waals surface area (Å²) < 4.78 is 10.3. The van der Waals surface area contributed by atoms with Gasteiger partial charge in [0, 0.05) is 13.0 Å². The van der Waals surface area contributed by atoms with Crippen molar-refractivity contribution in [2.24, 2.45) is 0 Å². The van der Waals surface area contributed by atoms with Crippen LogP contribution in [0.1, 0.15) is 26.2 Å². The van der Waals surface area contributed by atoms with Crippen LogP contribution in [-0.2, 0) is 9.47 Å². The lowest BCUT2D eigenvalue weighted by molar-refractivity contribution is -0.112. The summed E-state index contributed by atoms with van der Waals surface area (Å²) in [5.41, 5.74) is 0. The van der Waals surface area contributed by atoms with Crippen LogP contribution in [0.25, 0.3) is 0 Å². The van der Waals surface area contributed by atoms with Gasteiger partial charge in [0.2, 0.25) is 0 Å². The van der Waals surface area contributed by atoms with Gasteiger partial charge in [-0.2, -0.15) is 12.6 Å². The second kappa shape index (κ2) is 10.3. The Morgan fingerprint density at radius 1 is 1.31 bits per heavy atom. The first-order valence-electron chi connectivity index (χ1n) is 4.79. The van der Waals surface area contributed by atoms with E-state index < -0.39 is 6.29 Å². The van der Waals surface area contributed by atoms with Crippen LogP contribution in [0.15, 0.2) is 0 Å². The second-order valence-corrected chi connectivity index (χ2v) is 3.25. The molecule has 0 saturated carbocycles. The molecule has 80 valence electrons. The van der Waals surface area contributed by atoms with Crippen molar-refractivity contribution < 1.29 is 14.6 Å². The summed E-state index contributed by atoms with van der Waals surface area (Å²) in [4.78, 5) is 0. The summed E-state index contributed by atoms with van der Waals surface area (Å²) in [7, 11) is 0. The summed E-state index contributed by atoms with van der Waals surface area (Å²) in [6.07, 6.45) is 2.10. The Balaban J connectivity index is 2.97. The molecule has 1 atom stereocenters. The molecule has 0 aliphatic carbocycles. The number of aliphatic hydroxyl groups is 1. The highest BCUT2D eigenvalue weighted by molar-refractivity contribution is 7.80. The van der Waals surface area contributed by atoms with Gasteiger partial charge in [0.15, 0.2) is 6.29 Å². The first kappa shape index (κ1) is 13.2. The lowest BCUT2D eigenvalue weighted by Gasteiger charge is -2.10. The van der Waals surface area contributed by atoms with Crippen LogP contribution in [0.5, 0.6) is 0 Å². The SMILES string of the molecule is CCCCOCCOC(O)CCS. The number of hydrogen-bond acceptors (Lipinski definition) is 4. The van der Waals surface area contributed by atoms with E-state index in [9.17, 15) is 0 Å². The van der Waals surface area contributed by atoms with Crippen molar-refractivity contribution in [2.75, 3.05) is 25.6 Å². The van der Waals surface area contributed by atoms with Gasteiger partial charge in [-0.25, -0.2) is 0 Å². The van der Waals surface area contributed by atoms with Gasteiger partial charge in [-0.15, -0.1) is 0 Å². The number of aliphatic hydroxyl groups excluding tert-OH is 1. The van der Waals surface area contributed by atoms with Gasteiger partial charge < -0.3 is 14.6 Å². The molecule has 0 saturated heterocycles. The van der Waals surface area contributed by atoms with Gasteiger partial charge >= 0.3 is 0 Å². The zero-order valence-electron chi connectivity index (χ0n) is 8.24. The molecular formula is C9H20O3S. The molecule has 1 N–H and O–H groups in total. The van der Waals surface area contributed by atoms with E-state index in [1.165, 1.54) is 0 Å². The maximum atomic E-state index is 9.13. The molecule has 0 amide bonds. The quantitative estimate of drug-likeness (QED) is 0.342. The predicted molar refractivity (Wildman–Crippen MR) is 56.2 cm³/mol. The molecule has 0 rings (SSSR count). The number of hydrogen-bond donors (Lipinski definition) is 2. The van der Waals surface area contributed by atoms with Gasteiger partial charge in [-0.05, 0) is 12.2 Å². The van der Waals surface area contributed by atoms with E-state index in [0.29, 0.717) is 25.4 Å². The maximum absolute atomic E-state index is 9.13. The van der Waals surface area contributed by atoms with Crippen molar-refractivity contribution in [1.82, 2.24) is 0 Å². The Kier molecular flexibility index (Phi) is 10.5. The monoisotopic (exact) mass is 208 g/mol. The van der Waals surface area contributed by atoms with Crippen molar-refractivity contribution >= 4 is 12.6 Å². The highest BCUT2D eigenvalue weighted by Gasteiger charge is 2.00. The fourth-order valence-electron chi connectivity index (χ4n) is 0.785. The summed E-state index contributed by atoms with van der Waals surface area (Å²) in [6.45, 7) is 3.92. The smallest absolute Gasteiger partial charge is 0.155 e. The topological polar surface area (TPSA) is 38.7 Å². The van der Waals surface area contributed by atoms with Crippen LogP contribution >= 0.6 is 12.6 Å². The molecule has 0 aromatic heterocycles. The minimum atomic E-state index is -0.688. The Bertz CT molecular complexity index is 101. The number of unbranched alkanes of at least 4 members (excludes halogenated alkanes) is 1. The average molecular weight is 208 g/mol. The van der Waals surface area contributed by atoms with E-state index >= 15 is 0 Å². The largest absolute Gasteiger partial charge is 0.379 e. The Morgan fingerprint density at radius 2 is 2.08 bits per heavy atom.